The molecule has 1 N–H and O–H groups in total. The van der Waals surface area contributed by atoms with Gasteiger partial charge in [-0.3, -0.25) is 10.1 Å². The Balaban J connectivity index is 2.09. The van der Waals surface area contributed by atoms with Crippen molar-refractivity contribution < 1.29 is 10.0 Å². The van der Waals surface area contributed by atoms with Gasteiger partial charge < -0.3 is 10.0 Å². The molecular weight excluding hydrogens is 316 g/mol. The van der Waals surface area contributed by atoms with Gasteiger partial charge in [0.1, 0.15) is 5.60 Å². The monoisotopic (exact) mass is 332 g/mol. The Kier molecular flexibility index (Phi) is 3.33. The first kappa shape index (κ1) is 15.4. The van der Waals surface area contributed by atoms with Crippen LogP contribution in [0.15, 0.2) is 72.8 Å². The lowest BCUT2D eigenvalue weighted by Crippen LogP contribution is -2.36. The number of fused-ring (bicyclic) bond motifs is 2. The first-order valence-electron chi connectivity index (χ1n) is 7.93. The van der Waals surface area contributed by atoms with Gasteiger partial charge in [-0.05, 0) is 17.7 Å². The molecule has 4 rings (SSSR count). The summed E-state index contributed by atoms with van der Waals surface area (Å²) in [5.41, 5.74) is 2.01. The van der Waals surface area contributed by atoms with Crippen LogP contribution in [-0.4, -0.2) is 17.1 Å². The maximum Gasteiger partial charge on any atom is 0.269 e. The van der Waals surface area contributed by atoms with E-state index in [1.54, 1.807) is 6.07 Å². The first-order chi connectivity index (χ1) is 12.0. The fourth-order valence-electron chi connectivity index (χ4n) is 3.56. The van der Waals surface area contributed by atoms with Crippen LogP contribution < -0.4 is 4.90 Å². The third kappa shape index (κ3) is 2.13. The molecule has 0 bridgehead atoms. The Morgan fingerprint density at radius 2 is 1.56 bits per heavy atom. The van der Waals surface area contributed by atoms with Crippen LogP contribution in [0.2, 0.25) is 0 Å². The first-order valence-corrected chi connectivity index (χ1v) is 7.93. The van der Waals surface area contributed by atoms with Gasteiger partial charge in [0.15, 0.2) is 0 Å². The number of aliphatic hydroxyl groups is 1. The normalized spacial score (nSPS) is 18.4. The van der Waals surface area contributed by atoms with Crippen molar-refractivity contribution in [2.24, 2.45) is 0 Å². The summed E-state index contributed by atoms with van der Waals surface area (Å²) >= 11 is 0. The minimum atomic E-state index is -1.45. The average molecular weight is 332 g/mol. The Bertz CT molecular complexity index is 972. The topological polar surface area (TPSA) is 66.6 Å². The van der Waals surface area contributed by atoms with E-state index in [1.807, 2.05) is 66.5 Å². The molecule has 3 aromatic rings. The van der Waals surface area contributed by atoms with E-state index in [4.69, 9.17) is 0 Å². The van der Waals surface area contributed by atoms with Crippen LogP contribution in [0.3, 0.4) is 0 Å². The highest BCUT2D eigenvalue weighted by atomic mass is 16.6. The van der Waals surface area contributed by atoms with Crippen molar-refractivity contribution in [3.63, 3.8) is 0 Å². The zero-order valence-corrected chi connectivity index (χ0v) is 13.6. The van der Waals surface area contributed by atoms with Crippen LogP contribution in [0.5, 0.6) is 0 Å². The van der Waals surface area contributed by atoms with Gasteiger partial charge in [0, 0.05) is 41.7 Å². The second-order valence-electron chi connectivity index (χ2n) is 6.11. The Morgan fingerprint density at radius 3 is 2.28 bits per heavy atom. The van der Waals surface area contributed by atoms with E-state index < -0.39 is 10.5 Å². The Morgan fingerprint density at radius 1 is 0.920 bits per heavy atom. The summed E-state index contributed by atoms with van der Waals surface area (Å²) in [6.45, 7) is 0. The molecule has 0 saturated heterocycles. The maximum atomic E-state index is 11.8. The Hall–Kier alpha value is -3.18. The number of nitrogens with zero attached hydrogens (tertiary/aromatic N) is 2. The van der Waals surface area contributed by atoms with Crippen molar-refractivity contribution in [1.29, 1.82) is 0 Å². The second kappa shape index (κ2) is 5.43. The summed E-state index contributed by atoms with van der Waals surface area (Å²) < 4.78 is 0. The van der Waals surface area contributed by atoms with Crippen molar-refractivity contribution in [2.45, 2.75) is 5.60 Å². The molecule has 0 radical (unpaired) electrons. The van der Waals surface area contributed by atoms with Crippen molar-refractivity contribution >= 4 is 17.1 Å². The van der Waals surface area contributed by atoms with E-state index in [0.717, 1.165) is 11.4 Å². The molecule has 0 amide bonds. The number of nitro benzene ring substituents is 1. The second-order valence-corrected chi connectivity index (χ2v) is 6.11. The summed E-state index contributed by atoms with van der Waals surface area (Å²) in [7, 11) is 1.90. The van der Waals surface area contributed by atoms with E-state index in [9.17, 15) is 15.2 Å². The highest BCUT2D eigenvalue weighted by molar-refractivity contribution is 5.79. The minimum absolute atomic E-state index is 0.0408. The summed E-state index contributed by atoms with van der Waals surface area (Å²) in [6, 6.07) is 21.5. The molecule has 1 aliphatic rings. The van der Waals surface area contributed by atoms with Gasteiger partial charge in [-0.1, -0.05) is 48.5 Å². The van der Waals surface area contributed by atoms with Gasteiger partial charge in [0.25, 0.3) is 5.69 Å². The number of benzene rings is 3. The van der Waals surface area contributed by atoms with Crippen LogP contribution in [-0.2, 0) is 5.60 Å². The Labute approximate surface area is 144 Å². The number of non-ortho nitro benzene ring substituents is 1. The third-order valence-electron chi connectivity index (χ3n) is 4.79. The SMILES string of the molecule is CN1c2ccccc2C(O)(c2ccccc2)c2cc([N+](=O)[O-])ccc21. The highest BCUT2D eigenvalue weighted by Gasteiger charge is 2.43. The summed E-state index contributed by atoms with van der Waals surface area (Å²) in [5, 5.41) is 23.1. The lowest BCUT2D eigenvalue weighted by atomic mass is 9.76. The van der Waals surface area contributed by atoms with Gasteiger partial charge in [-0.25, -0.2) is 0 Å². The van der Waals surface area contributed by atoms with Crippen LogP contribution in [0, 0.1) is 10.1 Å². The fourth-order valence-corrected chi connectivity index (χ4v) is 3.56. The zero-order chi connectivity index (χ0) is 17.6. The smallest absolute Gasteiger partial charge is 0.269 e. The number of hydrogen-bond donors (Lipinski definition) is 1. The molecule has 0 aliphatic carbocycles. The van der Waals surface area contributed by atoms with Gasteiger partial charge >= 0.3 is 0 Å². The largest absolute Gasteiger partial charge is 0.376 e. The van der Waals surface area contributed by atoms with E-state index in [2.05, 4.69) is 0 Å². The molecule has 25 heavy (non-hydrogen) atoms. The number of hydrogen-bond acceptors (Lipinski definition) is 4. The van der Waals surface area contributed by atoms with Crippen molar-refractivity contribution in [1.82, 2.24) is 0 Å². The lowest BCUT2D eigenvalue weighted by molar-refractivity contribution is -0.385. The summed E-state index contributed by atoms with van der Waals surface area (Å²) in [5.74, 6) is 0. The zero-order valence-electron chi connectivity index (χ0n) is 13.6. The molecular formula is C20H16N2O3. The molecule has 1 unspecified atom stereocenters. The molecule has 1 heterocycles. The molecule has 3 aromatic carbocycles. The summed E-state index contributed by atoms with van der Waals surface area (Å²) in [6.07, 6.45) is 0. The lowest BCUT2D eigenvalue weighted by Gasteiger charge is -2.41. The van der Waals surface area contributed by atoms with Gasteiger partial charge in [0.05, 0.1) is 4.92 Å². The van der Waals surface area contributed by atoms with Crippen LogP contribution >= 0.6 is 0 Å². The van der Waals surface area contributed by atoms with E-state index >= 15 is 0 Å². The summed E-state index contributed by atoms with van der Waals surface area (Å²) in [4.78, 5) is 12.8. The fraction of sp³-hybridized carbons (Fsp3) is 0.100. The van der Waals surface area contributed by atoms with Crippen LogP contribution in [0.1, 0.15) is 16.7 Å². The molecule has 1 aliphatic heterocycles. The molecule has 0 aromatic heterocycles. The van der Waals surface area contributed by atoms with E-state index in [0.29, 0.717) is 16.7 Å². The van der Waals surface area contributed by atoms with Crippen molar-refractivity contribution in [3.05, 3.63) is 99.6 Å². The van der Waals surface area contributed by atoms with Crippen LogP contribution in [0.25, 0.3) is 0 Å². The molecule has 5 heteroatoms. The quantitative estimate of drug-likeness (QED) is 0.570. The predicted octanol–water partition coefficient (Wildman–Crippen LogP) is 3.96. The maximum absolute atomic E-state index is 11.8. The van der Waals surface area contributed by atoms with Gasteiger partial charge in [-0.15, -0.1) is 0 Å². The molecule has 0 saturated carbocycles. The molecule has 124 valence electrons. The van der Waals surface area contributed by atoms with E-state index in [1.165, 1.54) is 12.1 Å². The number of rotatable bonds is 2. The molecule has 0 fully saturated rings. The average Bonchev–Trinajstić information content (AvgIpc) is 2.66. The predicted molar refractivity (Wildman–Crippen MR) is 96.1 cm³/mol. The molecule has 5 nitrogen and oxygen atoms in total. The van der Waals surface area contributed by atoms with Crippen molar-refractivity contribution in [3.8, 4) is 0 Å². The molecule has 0 spiro atoms. The standard InChI is InChI=1S/C20H16N2O3/c1-21-18-10-6-5-9-16(18)20(23,14-7-3-2-4-8-14)17-13-15(22(24)25)11-12-19(17)21/h2-13,23H,1H3. The van der Waals surface area contributed by atoms with E-state index in [-0.39, 0.29) is 5.69 Å². The van der Waals surface area contributed by atoms with Gasteiger partial charge in [-0.2, -0.15) is 0 Å². The number of anilines is 2. The number of nitro groups is 1. The highest BCUT2D eigenvalue weighted by Crippen LogP contribution is 2.50. The minimum Gasteiger partial charge on any atom is -0.376 e. The number of para-hydroxylation sites is 1. The van der Waals surface area contributed by atoms with Crippen molar-refractivity contribution in [2.75, 3.05) is 11.9 Å². The molecule has 1 atom stereocenters. The third-order valence-corrected chi connectivity index (χ3v) is 4.79. The van der Waals surface area contributed by atoms with Crippen LogP contribution in [0.4, 0.5) is 17.1 Å². The van der Waals surface area contributed by atoms with Gasteiger partial charge in [0.2, 0.25) is 0 Å².